The van der Waals surface area contributed by atoms with Crippen molar-refractivity contribution < 1.29 is 4.79 Å². The van der Waals surface area contributed by atoms with E-state index >= 15 is 0 Å². The number of amides is 1. The van der Waals surface area contributed by atoms with Crippen LogP contribution in [0, 0.1) is 0 Å². The molecule has 0 fully saturated rings. The van der Waals surface area contributed by atoms with E-state index in [1.807, 2.05) is 13.8 Å². The lowest BCUT2D eigenvalue weighted by Gasteiger charge is -2.23. The molecule has 0 radical (unpaired) electrons. The van der Waals surface area contributed by atoms with Gasteiger partial charge in [0.15, 0.2) is 0 Å². The van der Waals surface area contributed by atoms with Gasteiger partial charge in [-0.25, -0.2) is 0 Å². The molecule has 0 bridgehead atoms. The highest BCUT2D eigenvalue weighted by atomic mass is 79.9. The molecule has 0 aromatic heterocycles. The van der Waals surface area contributed by atoms with E-state index in [4.69, 9.17) is 0 Å². The maximum Gasteiger partial charge on any atom is 0.220 e. The van der Waals surface area contributed by atoms with Gasteiger partial charge in [0.2, 0.25) is 5.91 Å². The van der Waals surface area contributed by atoms with Gasteiger partial charge in [-0.15, -0.1) is 0 Å². The van der Waals surface area contributed by atoms with E-state index in [0.717, 1.165) is 18.2 Å². The average molecular weight is 236 g/mol. The molecular weight excluding hydrogens is 218 g/mol. The summed E-state index contributed by atoms with van der Waals surface area (Å²) in [5.74, 6) is 0.154. The monoisotopic (exact) mass is 235 g/mol. The zero-order valence-corrected chi connectivity index (χ0v) is 9.70. The first-order valence-corrected chi connectivity index (χ1v) is 5.51. The van der Waals surface area contributed by atoms with Gasteiger partial charge >= 0.3 is 0 Å². The summed E-state index contributed by atoms with van der Waals surface area (Å²) in [6.07, 6.45) is 2.69. The maximum atomic E-state index is 11.2. The van der Waals surface area contributed by atoms with Crippen LogP contribution in [0.2, 0.25) is 0 Å². The fraction of sp³-hybridized carbons (Fsp3) is 0.889. The van der Waals surface area contributed by atoms with Crippen LogP contribution in [0.3, 0.4) is 0 Å². The fourth-order valence-electron chi connectivity index (χ4n) is 0.811. The Kier molecular flexibility index (Phi) is 5.55. The quantitative estimate of drug-likeness (QED) is 0.730. The molecule has 0 saturated carbocycles. The van der Waals surface area contributed by atoms with Crippen molar-refractivity contribution >= 4 is 21.8 Å². The number of halogens is 1. The molecule has 0 aliphatic rings. The van der Waals surface area contributed by atoms with Gasteiger partial charge in [0.25, 0.3) is 0 Å². The SMILES string of the molecule is CCCCC(=O)NC(C)(C)CBr. The maximum absolute atomic E-state index is 11.2. The summed E-state index contributed by atoms with van der Waals surface area (Å²) < 4.78 is 0. The molecular formula is C9H18BrNO. The minimum absolute atomic E-state index is 0.120. The number of rotatable bonds is 5. The first-order chi connectivity index (χ1) is 5.52. The highest BCUT2D eigenvalue weighted by Gasteiger charge is 2.17. The molecule has 0 atom stereocenters. The van der Waals surface area contributed by atoms with Gasteiger partial charge in [0.05, 0.1) is 0 Å². The lowest BCUT2D eigenvalue weighted by molar-refractivity contribution is -0.122. The lowest BCUT2D eigenvalue weighted by Crippen LogP contribution is -2.44. The number of hydrogen-bond acceptors (Lipinski definition) is 1. The number of alkyl halides is 1. The molecule has 12 heavy (non-hydrogen) atoms. The average Bonchev–Trinajstić information content (AvgIpc) is 2.00. The molecule has 0 saturated heterocycles. The first kappa shape index (κ1) is 11.9. The molecule has 0 spiro atoms. The highest BCUT2D eigenvalue weighted by molar-refractivity contribution is 9.09. The van der Waals surface area contributed by atoms with Crippen molar-refractivity contribution in [2.24, 2.45) is 0 Å². The minimum Gasteiger partial charge on any atom is -0.350 e. The third kappa shape index (κ3) is 5.58. The number of hydrogen-bond donors (Lipinski definition) is 1. The summed E-state index contributed by atoms with van der Waals surface area (Å²) in [4.78, 5) is 11.2. The molecule has 1 N–H and O–H groups in total. The Bertz CT molecular complexity index is 145. The second-order valence-corrected chi connectivity index (χ2v) is 4.23. The normalized spacial score (nSPS) is 11.3. The molecule has 0 heterocycles. The van der Waals surface area contributed by atoms with E-state index in [2.05, 4.69) is 28.2 Å². The molecule has 0 aliphatic carbocycles. The zero-order chi connectivity index (χ0) is 9.61. The number of carbonyl (C=O) groups excluding carboxylic acids is 1. The van der Waals surface area contributed by atoms with E-state index in [0.29, 0.717) is 6.42 Å². The van der Waals surface area contributed by atoms with Crippen LogP contribution < -0.4 is 5.32 Å². The van der Waals surface area contributed by atoms with Crippen molar-refractivity contribution in [3.63, 3.8) is 0 Å². The van der Waals surface area contributed by atoms with E-state index in [-0.39, 0.29) is 11.4 Å². The zero-order valence-electron chi connectivity index (χ0n) is 8.11. The topological polar surface area (TPSA) is 29.1 Å². The molecule has 3 heteroatoms. The van der Waals surface area contributed by atoms with Crippen molar-refractivity contribution in [1.29, 1.82) is 0 Å². The van der Waals surface area contributed by atoms with Crippen molar-refractivity contribution in [3.05, 3.63) is 0 Å². The van der Waals surface area contributed by atoms with E-state index < -0.39 is 0 Å². The molecule has 72 valence electrons. The molecule has 0 unspecified atom stereocenters. The van der Waals surface area contributed by atoms with Crippen LogP contribution in [0.5, 0.6) is 0 Å². The summed E-state index contributed by atoms with van der Waals surface area (Å²) in [6.45, 7) is 6.10. The number of unbranched alkanes of at least 4 members (excludes halogenated alkanes) is 1. The van der Waals surface area contributed by atoms with Crippen molar-refractivity contribution in [1.82, 2.24) is 5.32 Å². The lowest BCUT2D eigenvalue weighted by atomic mass is 10.1. The van der Waals surface area contributed by atoms with Gasteiger partial charge in [0.1, 0.15) is 0 Å². The van der Waals surface area contributed by atoms with Crippen molar-refractivity contribution in [3.8, 4) is 0 Å². The second kappa shape index (κ2) is 5.57. The van der Waals surface area contributed by atoms with Crippen molar-refractivity contribution in [2.45, 2.75) is 45.6 Å². The molecule has 0 aromatic rings. The summed E-state index contributed by atoms with van der Waals surface area (Å²) in [5.41, 5.74) is -0.120. The largest absolute Gasteiger partial charge is 0.350 e. The minimum atomic E-state index is -0.120. The van der Waals surface area contributed by atoms with Crippen LogP contribution >= 0.6 is 15.9 Å². The van der Waals surface area contributed by atoms with Gasteiger partial charge in [-0.1, -0.05) is 29.3 Å². The molecule has 0 aromatic carbocycles. The predicted molar refractivity (Wildman–Crippen MR) is 55.5 cm³/mol. The van der Waals surface area contributed by atoms with E-state index in [1.54, 1.807) is 0 Å². The van der Waals surface area contributed by atoms with Crippen LogP contribution in [0.4, 0.5) is 0 Å². The van der Waals surface area contributed by atoms with Crippen LogP contribution in [0.1, 0.15) is 40.0 Å². The van der Waals surface area contributed by atoms with Gasteiger partial charge in [-0.3, -0.25) is 4.79 Å². The Labute approximate surface area is 83.2 Å². The number of carbonyl (C=O) groups is 1. The predicted octanol–water partition coefficient (Wildman–Crippen LogP) is 2.47. The summed E-state index contributed by atoms with van der Waals surface area (Å²) in [5, 5.41) is 3.74. The van der Waals surface area contributed by atoms with Gasteiger partial charge in [0, 0.05) is 17.3 Å². The smallest absolute Gasteiger partial charge is 0.220 e. The third-order valence-corrected chi connectivity index (χ3v) is 2.97. The Balaban J connectivity index is 3.68. The van der Waals surface area contributed by atoms with Crippen LogP contribution in [0.15, 0.2) is 0 Å². The van der Waals surface area contributed by atoms with E-state index in [9.17, 15) is 4.79 Å². The molecule has 0 rings (SSSR count). The Hall–Kier alpha value is -0.0500. The van der Waals surface area contributed by atoms with Gasteiger partial charge < -0.3 is 5.32 Å². The first-order valence-electron chi connectivity index (χ1n) is 4.39. The Morgan fingerprint density at radius 3 is 2.50 bits per heavy atom. The van der Waals surface area contributed by atoms with Crippen LogP contribution in [-0.4, -0.2) is 16.8 Å². The second-order valence-electron chi connectivity index (χ2n) is 3.67. The van der Waals surface area contributed by atoms with Crippen LogP contribution in [-0.2, 0) is 4.79 Å². The summed E-state index contributed by atoms with van der Waals surface area (Å²) in [7, 11) is 0. The molecule has 0 aliphatic heterocycles. The summed E-state index contributed by atoms with van der Waals surface area (Å²) >= 11 is 3.35. The Morgan fingerprint density at radius 1 is 1.50 bits per heavy atom. The van der Waals surface area contributed by atoms with Gasteiger partial charge in [-0.05, 0) is 20.3 Å². The Morgan fingerprint density at radius 2 is 2.08 bits per heavy atom. The standard InChI is InChI=1S/C9H18BrNO/c1-4-5-6-8(12)11-9(2,3)7-10/h4-7H2,1-3H3,(H,11,12). The van der Waals surface area contributed by atoms with E-state index in [1.165, 1.54) is 0 Å². The molecule has 2 nitrogen and oxygen atoms in total. The highest BCUT2D eigenvalue weighted by Crippen LogP contribution is 2.06. The third-order valence-electron chi connectivity index (χ3n) is 1.57. The van der Waals surface area contributed by atoms with Crippen LogP contribution in [0.25, 0.3) is 0 Å². The van der Waals surface area contributed by atoms with Crippen molar-refractivity contribution in [2.75, 3.05) is 5.33 Å². The fourth-order valence-corrected chi connectivity index (χ4v) is 0.951. The summed E-state index contributed by atoms with van der Waals surface area (Å²) in [6, 6.07) is 0. The molecule has 1 amide bonds. The van der Waals surface area contributed by atoms with Gasteiger partial charge in [-0.2, -0.15) is 0 Å². The number of nitrogens with one attached hydrogen (secondary N) is 1.